The van der Waals surface area contributed by atoms with Crippen LogP contribution in [0.1, 0.15) is 95.1 Å². The number of esters is 1. The van der Waals surface area contributed by atoms with Crippen molar-refractivity contribution in [3.63, 3.8) is 0 Å². The lowest BCUT2D eigenvalue weighted by Crippen LogP contribution is -2.50. The largest absolute Gasteiger partial charge is 0.466 e. The van der Waals surface area contributed by atoms with E-state index >= 15 is 0 Å². The standard InChI is InChI=1S/C41H74O6Si2/c1-29(25-31(3)38(30(2)23-24-36(42)44-13)46-48(14,15)40(7,8)9)26-32(4)39(47-49(16,17)41(10,11)12)34(6)37(43)33(5)27-45-28-35-21-19-18-20-22-35/h18-25,30-34,37-39,43H,26-28H2,1-17H3/t30-,31-,32-,33-,34+,37-,38-,39+/m0/s1. The number of carbonyl (C=O) groups excluding carboxylic acids is 1. The molecule has 0 saturated heterocycles. The molecule has 0 spiro atoms. The van der Waals surface area contributed by atoms with Gasteiger partial charge in [-0.25, -0.2) is 4.79 Å². The molecule has 6 nitrogen and oxygen atoms in total. The molecule has 0 saturated carbocycles. The zero-order valence-electron chi connectivity index (χ0n) is 34.3. The molecule has 8 heteroatoms. The van der Waals surface area contributed by atoms with Gasteiger partial charge in [0.2, 0.25) is 0 Å². The van der Waals surface area contributed by atoms with Gasteiger partial charge < -0.3 is 23.4 Å². The van der Waals surface area contributed by atoms with Crippen LogP contribution in [0.15, 0.2) is 54.1 Å². The highest BCUT2D eigenvalue weighted by molar-refractivity contribution is 6.74. The van der Waals surface area contributed by atoms with E-state index in [1.54, 1.807) is 0 Å². The number of methoxy groups -OCH3 is 1. The molecule has 1 aromatic rings. The van der Waals surface area contributed by atoms with Crippen LogP contribution in [0.3, 0.4) is 0 Å². The van der Waals surface area contributed by atoms with Gasteiger partial charge in [0.25, 0.3) is 0 Å². The van der Waals surface area contributed by atoms with E-state index in [1.165, 1.54) is 18.8 Å². The predicted octanol–water partition coefficient (Wildman–Crippen LogP) is 10.6. The van der Waals surface area contributed by atoms with Gasteiger partial charge in [-0.1, -0.05) is 124 Å². The monoisotopic (exact) mass is 719 g/mol. The molecule has 1 aromatic carbocycles. The first-order chi connectivity index (χ1) is 22.3. The number of ether oxygens (including phenoxy) is 2. The first kappa shape index (κ1) is 45.5. The molecule has 0 amide bonds. The van der Waals surface area contributed by atoms with Gasteiger partial charge in [-0.15, -0.1) is 0 Å². The predicted molar refractivity (Wildman–Crippen MR) is 212 cm³/mol. The molecule has 1 N–H and O–H groups in total. The Morgan fingerprint density at radius 1 is 0.816 bits per heavy atom. The second kappa shape index (κ2) is 19.3. The van der Waals surface area contributed by atoms with Crippen LogP contribution in [0.2, 0.25) is 36.3 Å². The molecule has 0 unspecified atom stereocenters. The van der Waals surface area contributed by atoms with E-state index < -0.39 is 22.7 Å². The van der Waals surface area contributed by atoms with Crippen LogP contribution >= 0.6 is 0 Å². The summed E-state index contributed by atoms with van der Waals surface area (Å²) in [5.41, 5.74) is 2.41. The zero-order valence-corrected chi connectivity index (χ0v) is 36.3. The fourth-order valence-electron chi connectivity index (χ4n) is 5.86. The van der Waals surface area contributed by atoms with Gasteiger partial charge in [-0.2, -0.15) is 0 Å². The minimum absolute atomic E-state index is 0.0140. The van der Waals surface area contributed by atoms with Crippen molar-refractivity contribution in [3.05, 3.63) is 59.7 Å². The Bertz CT molecular complexity index is 1180. The van der Waals surface area contributed by atoms with Crippen LogP contribution in [-0.4, -0.2) is 59.7 Å². The lowest BCUT2D eigenvalue weighted by atomic mass is 9.81. The molecule has 0 fully saturated rings. The van der Waals surface area contributed by atoms with Crippen molar-refractivity contribution in [2.75, 3.05) is 13.7 Å². The third kappa shape index (κ3) is 14.5. The van der Waals surface area contributed by atoms with Gasteiger partial charge in [0, 0.05) is 23.8 Å². The summed E-state index contributed by atoms with van der Waals surface area (Å²) in [6.45, 7) is 36.8. The average Bonchev–Trinajstić information content (AvgIpc) is 2.99. The van der Waals surface area contributed by atoms with Gasteiger partial charge in [-0.05, 0) is 67.0 Å². The first-order valence-electron chi connectivity index (χ1n) is 18.4. The van der Waals surface area contributed by atoms with Crippen LogP contribution < -0.4 is 0 Å². The maximum absolute atomic E-state index is 11.9. The number of carbonyl (C=O) groups is 1. The Hall–Kier alpha value is -1.56. The molecule has 0 bridgehead atoms. The molecule has 282 valence electrons. The molecule has 0 aromatic heterocycles. The summed E-state index contributed by atoms with van der Waals surface area (Å²) in [4.78, 5) is 11.9. The van der Waals surface area contributed by atoms with Crippen LogP contribution in [0.5, 0.6) is 0 Å². The average molecular weight is 719 g/mol. The van der Waals surface area contributed by atoms with E-state index in [9.17, 15) is 9.90 Å². The van der Waals surface area contributed by atoms with Crippen LogP contribution in [-0.2, 0) is 29.7 Å². The van der Waals surface area contributed by atoms with Gasteiger partial charge in [0.1, 0.15) is 0 Å². The molecule has 1 rings (SSSR count). The molecule has 49 heavy (non-hydrogen) atoms. The quantitative estimate of drug-likeness (QED) is 0.0664. The molecule has 0 radical (unpaired) electrons. The minimum Gasteiger partial charge on any atom is -0.466 e. The number of hydrogen-bond donors (Lipinski definition) is 1. The third-order valence-corrected chi connectivity index (χ3v) is 20.1. The third-order valence-electron chi connectivity index (χ3n) is 11.1. The molecule has 0 aliphatic rings. The number of allylic oxidation sites excluding steroid dienone is 1. The van der Waals surface area contributed by atoms with Gasteiger partial charge in [0.15, 0.2) is 16.6 Å². The maximum atomic E-state index is 11.9. The smallest absolute Gasteiger partial charge is 0.330 e. The Labute approximate surface area is 303 Å². The Balaban J connectivity index is 3.30. The van der Waals surface area contributed by atoms with Crippen molar-refractivity contribution in [1.82, 2.24) is 0 Å². The normalized spacial score (nSPS) is 18.8. The van der Waals surface area contributed by atoms with Crippen molar-refractivity contribution in [2.45, 2.75) is 151 Å². The van der Waals surface area contributed by atoms with Crippen LogP contribution in [0, 0.1) is 29.6 Å². The Kier molecular flexibility index (Phi) is 17.9. The molecular formula is C41H74O6Si2. The lowest BCUT2D eigenvalue weighted by molar-refractivity contribution is -0.134. The molecule has 0 aliphatic heterocycles. The SMILES string of the molecule is COC(=O)C=C[C@H](C)[C@H](O[Si](C)(C)C(C)(C)C)[C@@H](C)C=C(C)C[C@H](C)[C@@H](O[Si](C)(C)C(C)(C)C)[C@H](C)[C@@H](O)[C@@H](C)COCc1ccccc1. The Morgan fingerprint density at radius 3 is 1.82 bits per heavy atom. The number of benzene rings is 1. The highest BCUT2D eigenvalue weighted by Crippen LogP contribution is 2.42. The first-order valence-corrected chi connectivity index (χ1v) is 24.2. The molecular weight excluding hydrogens is 645 g/mol. The summed E-state index contributed by atoms with van der Waals surface area (Å²) in [5.74, 6) is -0.171. The number of aliphatic hydroxyl groups excluding tert-OH is 1. The lowest BCUT2D eigenvalue weighted by Gasteiger charge is -2.44. The fraction of sp³-hybridized carbons (Fsp3) is 0.732. The second-order valence-corrected chi connectivity index (χ2v) is 27.3. The van der Waals surface area contributed by atoms with E-state index in [-0.39, 0.29) is 57.8 Å². The summed E-state index contributed by atoms with van der Waals surface area (Å²) in [7, 11) is -2.85. The molecule has 0 heterocycles. The van der Waals surface area contributed by atoms with E-state index in [4.69, 9.17) is 18.3 Å². The number of rotatable bonds is 19. The van der Waals surface area contributed by atoms with Gasteiger partial charge in [0.05, 0.1) is 38.6 Å². The highest BCUT2D eigenvalue weighted by Gasteiger charge is 2.44. The highest BCUT2D eigenvalue weighted by atomic mass is 28.4. The second-order valence-electron chi connectivity index (χ2n) is 17.8. The Morgan fingerprint density at radius 2 is 1.33 bits per heavy atom. The van der Waals surface area contributed by atoms with Crippen molar-refractivity contribution in [2.24, 2.45) is 29.6 Å². The van der Waals surface area contributed by atoms with Crippen molar-refractivity contribution >= 4 is 22.6 Å². The number of aliphatic hydroxyl groups is 1. The van der Waals surface area contributed by atoms with E-state index in [1.807, 2.05) is 24.3 Å². The zero-order chi connectivity index (χ0) is 38.0. The summed E-state index contributed by atoms with van der Waals surface area (Å²) in [6.07, 6.45) is 5.85. The molecule has 0 aliphatic carbocycles. The van der Waals surface area contributed by atoms with Crippen molar-refractivity contribution < 1.29 is 28.2 Å². The summed E-state index contributed by atoms with van der Waals surface area (Å²) < 4.78 is 25.1. The van der Waals surface area contributed by atoms with E-state index in [0.29, 0.717) is 13.2 Å². The summed E-state index contributed by atoms with van der Waals surface area (Å²) in [5, 5.41) is 11.8. The van der Waals surface area contributed by atoms with E-state index in [0.717, 1.165) is 12.0 Å². The summed E-state index contributed by atoms with van der Waals surface area (Å²) in [6, 6.07) is 10.2. The van der Waals surface area contributed by atoms with Gasteiger partial charge in [-0.3, -0.25) is 0 Å². The minimum atomic E-state index is -2.15. The van der Waals surface area contributed by atoms with Crippen LogP contribution in [0.4, 0.5) is 0 Å². The van der Waals surface area contributed by atoms with E-state index in [2.05, 4.69) is 127 Å². The van der Waals surface area contributed by atoms with Gasteiger partial charge >= 0.3 is 5.97 Å². The molecule has 8 atom stereocenters. The van der Waals surface area contributed by atoms with Crippen LogP contribution in [0.25, 0.3) is 0 Å². The fourth-order valence-corrected chi connectivity index (χ4v) is 8.80. The number of hydrogen-bond acceptors (Lipinski definition) is 6. The van der Waals surface area contributed by atoms with Crippen molar-refractivity contribution in [3.8, 4) is 0 Å². The topological polar surface area (TPSA) is 74.2 Å². The van der Waals surface area contributed by atoms with Crippen molar-refractivity contribution in [1.29, 1.82) is 0 Å². The maximum Gasteiger partial charge on any atom is 0.330 e. The summed E-state index contributed by atoms with van der Waals surface area (Å²) >= 11 is 0.